The molecule has 0 saturated heterocycles. The largest absolute Gasteiger partial charge is 0.357 e. The Kier molecular flexibility index (Phi) is 12.1. The fourth-order valence-corrected chi connectivity index (χ4v) is 1.68. The fraction of sp³-hybridized carbons (Fsp3) is 0.700. The summed E-state index contributed by atoms with van der Waals surface area (Å²) in [5, 5.41) is 6.10. The van der Waals surface area contributed by atoms with E-state index < -0.39 is 9.84 Å². The number of hydrogen-bond donors (Lipinski definition) is 2. The Morgan fingerprint density at radius 3 is 2.53 bits per heavy atom. The van der Waals surface area contributed by atoms with E-state index in [-0.39, 0.29) is 29.7 Å². The first kappa shape index (κ1) is 19.0. The van der Waals surface area contributed by atoms with E-state index in [4.69, 9.17) is 0 Å². The van der Waals surface area contributed by atoms with Gasteiger partial charge >= 0.3 is 0 Å². The van der Waals surface area contributed by atoms with Crippen LogP contribution in [0.3, 0.4) is 0 Å². The van der Waals surface area contributed by atoms with E-state index in [1.54, 1.807) is 6.08 Å². The zero-order chi connectivity index (χ0) is 12.4. The molecule has 0 radical (unpaired) electrons. The second kappa shape index (κ2) is 10.8. The van der Waals surface area contributed by atoms with Gasteiger partial charge in [0, 0.05) is 25.9 Å². The number of nitrogens with zero attached hydrogens (tertiary/aromatic N) is 1. The summed E-state index contributed by atoms with van der Waals surface area (Å²) in [6.07, 6.45) is 3.52. The minimum Gasteiger partial charge on any atom is -0.357 e. The van der Waals surface area contributed by atoms with Gasteiger partial charge in [-0.25, -0.2) is 8.42 Å². The van der Waals surface area contributed by atoms with Gasteiger partial charge in [0.05, 0.1) is 5.75 Å². The van der Waals surface area contributed by atoms with Crippen LogP contribution in [0.2, 0.25) is 0 Å². The average molecular weight is 375 g/mol. The van der Waals surface area contributed by atoms with Crippen molar-refractivity contribution in [1.82, 2.24) is 10.6 Å². The quantitative estimate of drug-likeness (QED) is 0.227. The molecule has 0 aliphatic heterocycles. The van der Waals surface area contributed by atoms with Gasteiger partial charge in [-0.2, -0.15) is 0 Å². The summed E-state index contributed by atoms with van der Waals surface area (Å²) in [6, 6.07) is 0. The molecule has 7 heteroatoms. The summed E-state index contributed by atoms with van der Waals surface area (Å²) in [7, 11) is -2.88. The molecule has 0 rings (SSSR count). The van der Waals surface area contributed by atoms with Crippen LogP contribution in [0.1, 0.15) is 13.3 Å². The molecule has 0 unspecified atom stereocenters. The van der Waals surface area contributed by atoms with E-state index in [9.17, 15) is 8.42 Å². The van der Waals surface area contributed by atoms with Crippen LogP contribution < -0.4 is 10.6 Å². The molecular weight excluding hydrogens is 353 g/mol. The van der Waals surface area contributed by atoms with Crippen molar-refractivity contribution in [3.05, 3.63) is 12.7 Å². The Balaban J connectivity index is 0. The third-order valence-corrected chi connectivity index (χ3v) is 2.73. The third-order valence-electron chi connectivity index (χ3n) is 1.70. The number of aliphatic imine (C=N–C) groups is 1. The summed E-state index contributed by atoms with van der Waals surface area (Å²) in [4.78, 5) is 4.24. The number of hydrogen-bond acceptors (Lipinski definition) is 3. The summed E-state index contributed by atoms with van der Waals surface area (Å²) < 4.78 is 21.8. The fourth-order valence-electron chi connectivity index (χ4n) is 1.03. The van der Waals surface area contributed by atoms with Gasteiger partial charge in [0.25, 0.3) is 0 Å². The van der Waals surface area contributed by atoms with Crippen molar-refractivity contribution in [2.24, 2.45) is 4.99 Å². The highest BCUT2D eigenvalue weighted by atomic mass is 127. The third kappa shape index (κ3) is 13.6. The molecule has 0 aliphatic carbocycles. The first-order chi connectivity index (χ1) is 7.49. The van der Waals surface area contributed by atoms with E-state index in [2.05, 4.69) is 22.2 Å². The second-order valence-corrected chi connectivity index (χ2v) is 5.67. The van der Waals surface area contributed by atoms with Gasteiger partial charge in [-0.05, 0) is 13.3 Å². The lowest BCUT2D eigenvalue weighted by Gasteiger charge is -2.08. The summed E-state index contributed by atoms with van der Waals surface area (Å²) in [5.74, 6) is 0.869. The Bertz CT molecular complexity index is 328. The van der Waals surface area contributed by atoms with E-state index in [0.29, 0.717) is 25.5 Å². The van der Waals surface area contributed by atoms with E-state index in [1.807, 2.05) is 6.92 Å². The predicted molar refractivity (Wildman–Crippen MR) is 83.9 cm³/mol. The van der Waals surface area contributed by atoms with Crippen LogP contribution in [0.25, 0.3) is 0 Å². The monoisotopic (exact) mass is 375 g/mol. The van der Waals surface area contributed by atoms with Gasteiger partial charge in [0.15, 0.2) is 5.96 Å². The lowest BCUT2D eigenvalue weighted by Crippen LogP contribution is -2.37. The summed E-state index contributed by atoms with van der Waals surface area (Å²) in [5.41, 5.74) is 0. The molecule has 2 N–H and O–H groups in total. The first-order valence-corrected chi connectivity index (χ1v) is 7.36. The van der Waals surface area contributed by atoms with Crippen molar-refractivity contribution in [2.45, 2.75) is 13.3 Å². The molecule has 0 saturated carbocycles. The highest BCUT2D eigenvalue weighted by Gasteiger charge is 2.01. The zero-order valence-corrected chi connectivity index (χ0v) is 13.5. The van der Waals surface area contributed by atoms with Crippen LogP contribution in [0.15, 0.2) is 17.6 Å². The van der Waals surface area contributed by atoms with Gasteiger partial charge in [-0.3, -0.25) is 4.99 Å². The van der Waals surface area contributed by atoms with Crippen molar-refractivity contribution in [1.29, 1.82) is 0 Å². The van der Waals surface area contributed by atoms with Crippen LogP contribution in [0.4, 0.5) is 0 Å². The lowest BCUT2D eigenvalue weighted by atomic mass is 10.5. The highest BCUT2D eigenvalue weighted by Crippen LogP contribution is 1.89. The molecule has 0 aromatic rings. The maximum atomic E-state index is 10.9. The van der Waals surface area contributed by atoms with E-state index in [1.165, 1.54) is 6.26 Å². The number of rotatable bonds is 7. The zero-order valence-electron chi connectivity index (χ0n) is 10.4. The molecule has 0 amide bonds. The number of nitrogens with one attached hydrogen (secondary N) is 2. The summed E-state index contributed by atoms with van der Waals surface area (Å²) in [6.45, 7) is 7.48. The molecule has 0 fully saturated rings. The average Bonchev–Trinajstić information content (AvgIpc) is 2.19. The molecule has 0 heterocycles. The smallest absolute Gasteiger partial charge is 0.191 e. The Hall–Kier alpha value is -0.310. The van der Waals surface area contributed by atoms with Gasteiger partial charge in [-0.15, -0.1) is 30.6 Å². The van der Waals surface area contributed by atoms with Gasteiger partial charge in [0.2, 0.25) is 0 Å². The maximum absolute atomic E-state index is 10.9. The minimum absolute atomic E-state index is 0. The minimum atomic E-state index is -2.88. The summed E-state index contributed by atoms with van der Waals surface area (Å²) >= 11 is 0. The van der Waals surface area contributed by atoms with Crippen molar-refractivity contribution in [3.63, 3.8) is 0 Å². The molecule has 5 nitrogen and oxygen atoms in total. The van der Waals surface area contributed by atoms with Crippen LogP contribution in [-0.2, 0) is 9.84 Å². The second-order valence-electron chi connectivity index (χ2n) is 3.41. The van der Waals surface area contributed by atoms with Crippen molar-refractivity contribution in [2.75, 3.05) is 31.6 Å². The molecule has 0 spiro atoms. The SMILES string of the molecule is C=CCNC(=NCCCS(C)(=O)=O)NCC.I. The van der Waals surface area contributed by atoms with Crippen molar-refractivity contribution < 1.29 is 8.42 Å². The molecule has 0 aliphatic rings. The van der Waals surface area contributed by atoms with Gasteiger partial charge in [0.1, 0.15) is 9.84 Å². The van der Waals surface area contributed by atoms with Crippen molar-refractivity contribution in [3.8, 4) is 0 Å². The molecule has 0 aromatic carbocycles. The maximum Gasteiger partial charge on any atom is 0.191 e. The molecule has 102 valence electrons. The number of sulfone groups is 1. The Morgan fingerprint density at radius 1 is 1.41 bits per heavy atom. The van der Waals surface area contributed by atoms with Crippen LogP contribution in [-0.4, -0.2) is 46.0 Å². The van der Waals surface area contributed by atoms with E-state index >= 15 is 0 Å². The standard InChI is InChI=1S/C10H21N3O2S.HI/c1-4-7-12-10(11-5-2)13-8-6-9-16(3,14)15;/h4H,1,5-9H2,2-3H3,(H2,11,12,13);1H. The molecule has 17 heavy (non-hydrogen) atoms. The van der Waals surface area contributed by atoms with Gasteiger partial charge in [-0.1, -0.05) is 6.08 Å². The van der Waals surface area contributed by atoms with Crippen LogP contribution >= 0.6 is 24.0 Å². The topological polar surface area (TPSA) is 70.6 Å². The predicted octanol–water partition coefficient (Wildman–Crippen LogP) is 0.780. The van der Waals surface area contributed by atoms with Crippen LogP contribution in [0.5, 0.6) is 0 Å². The molecule has 0 aromatic heterocycles. The Morgan fingerprint density at radius 2 is 2.06 bits per heavy atom. The normalized spacial score (nSPS) is 11.5. The van der Waals surface area contributed by atoms with Crippen molar-refractivity contribution >= 4 is 39.8 Å². The number of guanidine groups is 1. The molecule has 0 bridgehead atoms. The molecular formula is C10H22IN3O2S. The van der Waals surface area contributed by atoms with E-state index in [0.717, 1.165) is 6.54 Å². The number of halogens is 1. The lowest BCUT2D eigenvalue weighted by molar-refractivity contribution is 0.599. The Labute approximate surface area is 121 Å². The van der Waals surface area contributed by atoms with Crippen LogP contribution in [0, 0.1) is 0 Å². The highest BCUT2D eigenvalue weighted by molar-refractivity contribution is 14.0. The first-order valence-electron chi connectivity index (χ1n) is 5.30. The van der Waals surface area contributed by atoms with Gasteiger partial charge < -0.3 is 10.6 Å². The molecule has 0 atom stereocenters.